The molecule has 86 valence electrons. The van der Waals surface area contributed by atoms with Gasteiger partial charge in [-0.25, -0.2) is 0 Å². The van der Waals surface area contributed by atoms with Crippen molar-refractivity contribution in [1.82, 2.24) is 4.98 Å². The van der Waals surface area contributed by atoms with E-state index in [2.05, 4.69) is 11.1 Å². The first-order valence-electron chi connectivity index (χ1n) is 5.36. The zero-order chi connectivity index (χ0) is 11.7. The smallest absolute Gasteiger partial charge is 0.0379 e. The Morgan fingerprint density at radius 1 is 1.00 bits per heavy atom. The Kier molecular flexibility index (Phi) is 4.02. The molecule has 0 unspecified atom stereocenters. The predicted octanol–water partition coefficient (Wildman–Crippen LogP) is 3.84. The molecule has 1 nitrogen and oxygen atoms in total. The van der Waals surface area contributed by atoms with Crippen LogP contribution < -0.4 is 0 Å². The molecule has 0 amide bonds. The van der Waals surface area contributed by atoms with E-state index in [9.17, 15) is 4.39 Å². The van der Waals surface area contributed by atoms with E-state index in [4.69, 9.17) is 0 Å². The number of pyridine rings is 1. The van der Waals surface area contributed by atoms with E-state index < -0.39 is 0 Å². The fourth-order valence-corrected chi connectivity index (χ4v) is 1.89. The van der Waals surface area contributed by atoms with Gasteiger partial charge < -0.3 is 0 Å². The molecule has 1 aromatic heterocycles. The van der Waals surface area contributed by atoms with Gasteiger partial charge in [-0.05, 0) is 11.5 Å². The summed E-state index contributed by atoms with van der Waals surface area (Å²) in [4.78, 5) is 4.37. The number of hydrogen-bond acceptors (Lipinski definition) is 1. The predicted molar refractivity (Wildman–Crippen MR) is 66.0 cm³/mol. The van der Waals surface area contributed by atoms with Crippen molar-refractivity contribution in [3.8, 4) is 11.1 Å². The maximum Gasteiger partial charge on any atom is 0.0379 e. The molecular formula is C15H9FHfN-. The fourth-order valence-electron chi connectivity index (χ4n) is 1.89. The molecule has 0 radical (unpaired) electrons. The molecule has 0 saturated carbocycles. The van der Waals surface area contributed by atoms with Crippen LogP contribution in [0.3, 0.4) is 0 Å². The molecule has 2 aromatic carbocycles. The first-order chi connectivity index (χ1) is 8.34. The topological polar surface area (TPSA) is 12.9 Å². The number of rotatable bonds is 1. The molecule has 1 heterocycles. The van der Waals surface area contributed by atoms with Crippen molar-refractivity contribution >= 4 is 10.9 Å². The number of benzene rings is 2. The number of nitrogens with zero attached hydrogens (tertiary/aromatic N) is 1. The normalized spacial score (nSPS) is 10.1. The summed E-state index contributed by atoms with van der Waals surface area (Å²) in [6.07, 6.45) is 1.76. The maximum absolute atomic E-state index is 12.9. The molecule has 3 aromatic rings. The van der Waals surface area contributed by atoms with Crippen LogP contribution in [0.15, 0.2) is 54.7 Å². The Labute approximate surface area is 123 Å². The second kappa shape index (κ2) is 5.53. The van der Waals surface area contributed by atoms with Crippen LogP contribution in [0.5, 0.6) is 0 Å². The molecule has 18 heavy (non-hydrogen) atoms. The van der Waals surface area contributed by atoms with Crippen LogP contribution in [0.2, 0.25) is 0 Å². The van der Waals surface area contributed by atoms with Gasteiger partial charge in [0.2, 0.25) is 0 Å². The average Bonchev–Trinajstić information content (AvgIpc) is 2.39. The van der Waals surface area contributed by atoms with Crippen molar-refractivity contribution in [3.05, 3.63) is 66.6 Å². The zero-order valence-corrected chi connectivity index (χ0v) is 13.1. The molecule has 3 heteroatoms. The largest absolute Gasteiger partial charge is 0.266 e. The van der Waals surface area contributed by atoms with Gasteiger partial charge in [-0.15, -0.1) is 29.8 Å². The number of para-hydroxylation sites is 1. The third-order valence-electron chi connectivity index (χ3n) is 2.70. The Balaban J connectivity index is 0.00000120. The van der Waals surface area contributed by atoms with E-state index in [-0.39, 0.29) is 31.7 Å². The van der Waals surface area contributed by atoms with Gasteiger partial charge in [-0.1, -0.05) is 29.8 Å². The van der Waals surface area contributed by atoms with Crippen molar-refractivity contribution in [2.45, 2.75) is 0 Å². The van der Waals surface area contributed by atoms with E-state index in [1.165, 1.54) is 12.1 Å². The monoisotopic (exact) mass is 402 g/mol. The molecule has 0 spiro atoms. The van der Waals surface area contributed by atoms with Crippen LogP contribution >= 0.6 is 0 Å². The Morgan fingerprint density at radius 3 is 2.61 bits per heavy atom. The number of halogens is 1. The van der Waals surface area contributed by atoms with Gasteiger partial charge >= 0.3 is 0 Å². The third-order valence-corrected chi connectivity index (χ3v) is 2.70. The van der Waals surface area contributed by atoms with E-state index in [1.54, 1.807) is 12.3 Å². The van der Waals surface area contributed by atoms with Crippen LogP contribution in [-0.2, 0) is 25.8 Å². The zero-order valence-electron chi connectivity index (χ0n) is 9.52. The molecule has 0 fully saturated rings. The SMILES string of the molecule is Fc1c[c-]c(-c2cccc3cccnc23)cc1.[Hf]. The van der Waals surface area contributed by atoms with E-state index in [1.807, 2.05) is 30.3 Å². The minimum atomic E-state index is -0.276. The fraction of sp³-hybridized carbons (Fsp3) is 0. The summed E-state index contributed by atoms with van der Waals surface area (Å²) in [5, 5.41) is 1.07. The summed E-state index contributed by atoms with van der Waals surface area (Å²) in [6.45, 7) is 0. The van der Waals surface area contributed by atoms with Crippen molar-refractivity contribution in [3.63, 3.8) is 0 Å². The quantitative estimate of drug-likeness (QED) is 0.447. The third kappa shape index (κ3) is 2.41. The summed E-state index contributed by atoms with van der Waals surface area (Å²) < 4.78 is 12.9. The van der Waals surface area contributed by atoms with Crippen LogP contribution in [0.4, 0.5) is 4.39 Å². The minimum Gasteiger partial charge on any atom is -0.266 e. The van der Waals surface area contributed by atoms with Crippen molar-refractivity contribution < 1.29 is 30.2 Å². The Bertz CT molecular complexity index is 659. The van der Waals surface area contributed by atoms with Gasteiger partial charge in [0.1, 0.15) is 0 Å². The maximum atomic E-state index is 12.9. The van der Waals surface area contributed by atoms with Gasteiger partial charge in [0.25, 0.3) is 0 Å². The Morgan fingerprint density at radius 2 is 1.83 bits per heavy atom. The van der Waals surface area contributed by atoms with E-state index in [0.717, 1.165) is 22.0 Å². The van der Waals surface area contributed by atoms with Gasteiger partial charge in [-0.3, -0.25) is 9.37 Å². The molecule has 0 aliphatic rings. The number of hydrogen-bond donors (Lipinski definition) is 0. The summed E-state index contributed by atoms with van der Waals surface area (Å²) >= 11 is 0. The second-order valence-electron chi connectivity index (χ2n) is 3.80. The molecular weight excluding hydrogens is 392 g/mol. The standard InChI is InChI=1S/C15H9FN.Hf/c16-13-8-6-11(7-9-13)14-5-1-3-12-4-2-10-17-15(12)14;/h1-6,8-10H;/q-1;. The number of aromatic nitrogens is 1. The van der Waals surface area contributed by atoms with Crippen molar-refractivity contribution in [1.29, 1.82) is 0 Å². The molecule has 0 atom stereocenters. The van der Waals surface area contributed by atoms with Crippen molar-refractivity contribution in [2.24, 2.45) is 0 Å². The Hall–Kier alpha value is -1.35. The summed E-state index contributed by atoms with van der Waals surface area (Å²) in [5.41, 5.74) is 2.75. The molecule has 0 aliphatic heterocycles. The summed E-state index contributed by atoms with van der Waals surface area (Å²) in [6, 6.07) is 17.3. The van der Waals surface area contributed by atoms with Crippen LogP contribution in [-0.4, -0.2) is 4.98 Å². The van der Waals surface area contributed by atoms with Crippen LogP contribution in [0.25, 0.3) is 22.0 Å². The van der Waals surface area contributed by atoms with E-state index in [0.29, 0.717) is 0 Å². The molecule has 0 saturated heterocycles. The average molecular weight is 401 g/mol. The molecule has 0 N–H and O–H groups in total. The van der Waals surface area contributed by atoms with Gasteiger partial charge in [0, 0.05) is 43.4 Å². The van der Waals surface area contributed by atoms with Crippen molar-refractivity contribution in [2.75, 3.05) is 0 Å². The van der Waals surface area contributed by atoms with E-state index >= 15 is 0 Å². The van der Waals surface area contributed by atoms with Crippen LogP contribution in [0, 0.1) is 11.9 Å². The summed E-state index contributed by atoms with van der Waals surface area (Å²) in [7, 11) is 0. The van der Waals surface area contributed by atoms with Crippen LogP contribution in [0.1, 0.15) is 0 Å². The van der Waals surface area contributed by atoms with Gasteiger partial charge in [-0.2, -0.15) is 0 Å². The molecule has 0 bridgehead atoms. The first-order valence-corrected chi connectivity index (χ1v) is 5.36. The first kappa shape index (κ1) is 13.1. The second-order valence-corrected chi connectivity index (χ2v) is 3.80. The minimum absolute atomic E-state index is 0. The van der Waals surface area contributed by atoms with Gasteiger partial charge in [0.15, 0.2) is 0 Å². The molecule has 0 aliphatic carbocycles. The molecule has 3 rings (SSSR count). The number of fused-ring (bicyclic) bond motifs is 1. The van der Waals surface area contributed by atoms with Gasteiger partial charge in [0.05, 0.1) is 0 Å². The summed E-state index contributed by atoms with van der Waals surface area (Å²) in [5.74, 6) is -0.276.